The number of halogens is 3. The van der Waals surface area contributed by atoms with Gasteiger partial charge in [0.25, 0.3) is 0 Å². The topological polar surface area (TPSA) is 96.1 Å². The number of ether oxygens (including phenoxy) is 1. The number of nitriles is 1. The number of nitrogens with zero attached hydrogens (tertiary/aromatic N) is 5. The van der Waals surface area contributed by atoms with E-state index in [-0.39, 0.29) is 47.8 Å². The van der Waals surface area contributed by atoms with E-state index >= 15 is 0 Å². The first kappa shape index (κ1) is 24.5. The Labute approximate surface area is 200 Å². The standard InChI is InChI=1S/C24H25F3N6O2/c1-15(33-8-3-4-9-33)23(34)29-7-10-35-21-6-5-16(11-17(21)24(25,26)27)18-12-20-22(19(13-28)31-18)30-14-32(20)2/h5-6,11-12,14-15H,3-4,7-10H2,1-2H3,(H,29,34). The monoisotopic (exact) mass is 486 g/mol. The Morgan fingerprint density at radius 2 is 2.03 bits per heavy atom. The van der Waals surface area contributed by atoms with Gasteiger partial charge < -0.3 is 14.6 Å². The van der Waals surface area contributed by atoms with Crippen LogP contribution in [0.1, 0.15) is 31.0 Å². The quantitative estimate of drug-likeness (QED) is 0.514. The number of benzene rings is 1. The van der Waals surface area contributed by atoms with E-state index in [1.807, 2.05) is 13.0 Å². The Hall–Kier alpha value is -3.65. The van der Waals surface area contributed by atoms with Crippen molar-refractivity contribution in [1.29, 1.82) is 5.26 Å². The average Bonchev–Trinajstić information content (AvgIpc) is 3.50. The Bertz CT molecular complexity index is 1270. The molecule has 1 saturated heterocycles. The van der Waals surface area contributed by atoms with Gasteiger partial charge in [-0.05, 0) is 57.1 Å². The molecule has 1 fully saturated rings. The molecule has 8 nitrogen and oxygen atoms in total. The van der Waals surface area contributed by atoms with Crippen molar-refractivity contribution in [2.24, 2.45) is 7.05 Å². The Morgan fingerprint density at radius 1 is 1.29 bits per heavy atom. The minimum Gasteiger partial charge on any atom is -0.491 e. The number of carbonyl (C=O) groups excluding carboxylic acids is 1. The fourth-order valence-corrected chi connectivity index (χ4v) is 4.17. The van der Waals surface area contributed by atoms with Crippen molar-refractivity contribution in [1.82, 2.24) is 24.8 Å². The maximum absolute atomic E-state index is 13.8. The minimum absolute atomic E-state index is 0.0332. The van der Waals surface area contributed by atoms with Crippen LogP contribution < -0.4 is 10.1 Å². The number of likely N-dealkylation sites (tertiary alicyclic amines) is 1. The van der Waals surface area contributed by atoms with E-state index < -0.39 is 11.7 Å². The van der Waals surface area contributed by atoms with Crippen molar-refractivity contribution in [2.45, 2.75) is 32.0 Å². The summed E-state index contributed by atoms with van der Waals surface area (Å²) in [4.78, 5) is 22.7. The molecule has 1 N–H and O–H groups in total. The number of aromatic nitrogens is 3. The minimum atomic E-state index is -4.67. The highest BCUT2D eigenvalue weighted by Crippen LogP contribution is 2.39. The zero-order valence-electron chi connectivity index (χ0n) is 19.4. The fraction of sp³-hybridized carbons (Fsp3) is 0.417. The van der Waals surface area contributed by atoms with Crippen molar-refractivity contribution in [2.75, 3.05) is 26.2 Å². The van der Waals surface area contributed by atoms with Crippen molar-refractivity contribution in [3.8, 4) is 23.1 Å². The summed E-state index contributed by atoms with van der Waals surface area (Å²) in [5.41, 5.74) is 0.452. The van der Waals surface area contributed by atoms with Gasteiger partial charge >= 0.3 is 6.18 Å². The van der Waals surface area contributed by atoms with Crippen LogP contribution in [0.15, 0.2) is 30.6 Å². The summed E-state index contributed by atoms with van der Waals surface area (Å²) in [7, 11) is 1.73. The molecule has 1 atom stereocenters. The molecular weight excluding hydrogens is 461 g/mol. The van der Waals surface area contributed by atoms with Crippen molar-refractivity contribution in [3.05, 3.63) is 41.9 Å². The second-order valence-corrected chi connectivity index (χ2v) is 8.46. The zero-order valence-corrected chi connectivity index (χ0v) is 19.4. The van der Waals surface area contributed by atoms with Crippen LogP contribution in [-0.2, 0) is 18.0 Å². The van der Waals surface area contributed by atoms with E-state index in [0.717, 1.165) is 32.0 Å². The fourth-order valence-electron chi connectivity index (χ4n) is 4.17. The third-order valence-electron chi connectivity index (χ3n) is 6.13. The number of fused-ring (bicyclic) bond motifs is 1. The molecule has 3 heterocycles. The van der Waals surface area contributed by atoms with E-state index in [2.05, 4.69) is 20.2 Å². The van der Waals surface area contributed by atoms with Gasteiger partial charge in [-0.15, -0.1) is 0 Å². The third-order valence-corrected chi connectivity index (χ3v) is 6.13. The number of hydrogen-bond acceptors (Lipinski definition) is 6. The van der Waals surface area contributed by atoms with Gasteiger partial charge in [0.2, 0.25) is 5.91 Å². The van der Waals surface area contributed by atoms with E-state index in [9.17, 15) is 23.2 Å². The van der Waals surface area contributed by atoms with Gasteiger partial charge in [-0.1, -0.05) is 0 Å². The summed E-state index contributed by atoms with van der Waals surface area (Å²) in [6, 6.07) is 6.90. The van der Waals surface area contributed by atoms with E-state index in [4.69, 9.17) is 4.74 Å². The van der Waals surface area contributed by atoms with Crippen molar-refractivity contribution >= 4 is 16.9 Å². The van der Waals surface area contributed by atoms with E-state index in [1.54, 1.807) is 17.7 Å². The number of alkyl halides is 3. The molecule has 184 valence electrons. The number of aryl methyl sites for hydroxylation is 1. The Morgan fingerprint density at radius 3 is 2.71 bits per heavy atom. The van der Waals surface area contributed by atoms with Crippen molar-refractivity contribution < 1.29 is 22.7 Å². The van der Waals surface area contributed by atoms with Crippen LogP contribution in [0.3, 0.4) is 0 Å². The van der Waals surface area contributed by atoms with Crippen molar-refractivity contribution in [3.63, 3.8) is 0 Å². The maximum Gasteiger partial charge on any atom is 0.419 e. The van der Waals surface area contributed by atoms with Gasteiger partial charge in [-0.25, -0.2) is 9.97 Å². The number of amides is 1. The second-order valence-electron chi connectivity index (χ2n) is 8.46. The SMILES string of the molecule is CC(C(=O)NCCOc1ccc(-c2cc3c(ncn3C)c(C#N)n2)cc1C(F)(F)F)N1CCCC1. The van der Waals surface area contributed by atoms with Crippen LogP contribution in [0, 0.1) is 11.3 Å². The summed E-state index contributed by atoms with van der Waals surface area (Å²) in [6.07, 6.45) is -1.05. The number of pyridine rings is 1. The molecule has 11 heteroatoms. The number of rotatable bonds is 7. The van der Waals surface area contributed by atoms with Gasteiger partial charge in [0, 0.05) is 12.6 Å². The summed E-state index contributed by atoms with van der Waals surface area (Å²) < 4.78 is 48.6. The number of imidazole rings is 1. The molecule has 0 radical (unpaired) electrons. The molecule has 1 aliphatic heterocycles. The molecule has 1 unspecified atom stereocenters. The zero-order chi connectivity index (χ0) is 25.2. The maximum atomic E-state index is 13.8. The van der Waals surface area contributed by atoms with E-state index in [1.165, 1.54) is 18.5 Å². The lowest BCUT2D eigenvalue weighted by atomic mass is 10.1. The summed E-state index contributed by atoms with van der Waals surface area (Å²) >= 11 is 0. The summed E-state index contributed by atoms with van der Waals surface area (Å²) in [5.74, 6) is -0.517. The lowest BCUT2D eigenvalue weighted by molar-refractivity contribution is -0.139. The predicted octanol–water partition coefficient (Wildman–Crippen LogP) is 3.51. The lowest BCUT2D eigenvalue weighted by Gasteiger charge is -2.22. The molecule has 1 aromatic carbocycles. The highest BCUT2D eigenvalue weighted by Gasteiger charge is 2.35. The molecule has 4 rings (SSSR count). The second kappa shape index (κ2) is 9.92. The highest BCUT2D eigenvalue weighted by atomic mass is 19.4. The lowest BCUT2D eigenvalue weighted by Crippen LogP contribution is -2.44. The van der Waals surface area contributed by atoms with Gasteiger partial charge in [0.05, 0.1) is 35.7 Å². The molecule has 0 saturated carbocycles. The normalized spacial score (nSPS) is 15.2. The summed E-state index contributed by atoms with van der Waals surface area (Å²) in [5, 5.41) is 12.1. The molecule has 0 aliphatic carbocycles. The van der Waals surface area contributed by atoms with Crippen LogP contribution >= 0.6 is 0 Å². The number of nitrogens with one attached hydrogen (secondary N) is 1. The molecule has 35 heavy (non-hydrogen) atoms. The smallest absolute Gasteiger partial charge is 0.419 e. The molecule has 0 bridgehead atoms. The van der Waals surface area contributed by atoms with Gasteiger partial charge in [0.15, 0.2) is 5.69 Å². The van der Waals surface area contributed by atoms with Crippen LogP contribution in [0.4, 0.5) is 13.2 Å². The van der Waals surface area contributed by atoms with Gasteiger partial charge in [-0.2, -0.15) is 18.4 Å². The van der Waals surface area contributed by atoms with Crippen LogP contribution in [-0.4, -0.2) is 57.6 Å². The molecule has 1 amide bonds. The van der Waals surface area contributed by atoms with Crippen LogP contribution in [0.5, 0.6) is 5.75 Å². The molecule has 0 spiro atoms. The summed E-state index contributed by atoms with van der Waals surface area (Å²) in [6.45, 7) is 3.52. The third kappa shape index (κ3) is 5.22. The molecular formula is C24H25F3N6O2. The Balaban J connectivity index is 1.50. The number of hydrogen-bond donors (Lipinski definition) is 1. The first-order chi connectivity index (χ1) is 16.7. The Kier molecular flexibility index (Phi) is 6.93. The largest absolute Gasteiger partial charge is 0.491 e. The molecule has 1 aliphatic rings. The molecule has 3 aromatic rings. The average molecular weight is 486 g/mol. The predicted molar refractivity (Wildman–Crippen MR) is 122 cm³/mol. The van der Waals surface area contributed by atoms with Crippen LogP contribution in [0.2, 0.25) is 0 Å². The highest BCUT2D eigenvalue weighted by molar-refractivity contribution is 5.84. The molecule has 2 aromatic heterocycles. The van der Waals surface area contributed by atoms with Crippen LogP contribution in [0.25, 0.3) is 22.3 Å². The van der Waals surface area contributed by atoms with Gasteiger partial charge in [0.1, 0.15) is 23.9 Å². The first-order valence-corrected chi connectivity index (χ1v) is 11.3. The number of carbonyl (C=O) groups is 1. The van der Waals surface area contributed by atoms with E-state index in [0.29, 0.717) is 11.0 Å². The first-order valence-electron chi connectivity index (χ1n) is 11.3. The van der Waals surface area contributed by atoms with Gasteiger partial charge in [-0.3, -0.25) is 9.69 Å².